The summed E-state index contributed by atoms with van der Waals surface area (Å²) in [7, 11) is 1.81. The fourth-order valence-corrected chi connectivity index (χ4v) is 2.97. The van der Waals surface area contributed by atoms with Crippen LogP contribution in [0, 0.1) is 0 Å². The molecule has 2 heterocycles. The van der Waals surface area contributed by atoms with Crippen LogP contribution in [0.3, 0.4) is 0 Å². The topological polar surface area (TPSA) is 51.4 Å². The van der Waals surface area contributed by atoms with Gasteiger partial charge < -0.3 is 15.4 Å². The highest BCUT2D eigenvalue weighted by Gasteiger charge is 2.30. The molecular weight excluding hydrogens is 234 g/mol. The van der Waals surface area contributed by atoms with Crippen molar-refractivity contribution in [2.75, 3.05) is 32.5 Å². The van der Waals surface area contributed by atoms with Crippen molar-refractivity contribution < 1.29 is 4.74 Å². The zero-order valence-corrected chi connectivity index (χ0v) is 11.4. The van der Waals surface area contributed by atoms with Crippen LogP contribution >= 0.6 is 11.3 Å². The van der Waals surface area contributed by atoms with Crippen LogP contribution in [-0.2, 0) is 11.2 Å². The van der Waals surface area contributed by atoms with Gasteiger partial charge in [-0.05, 0) is 26.3 Å². The van der Waals surface area contributed by atoms with Crippen LogP contribution in [0.25, 0.3) is 0 Å². The monoisotopic (exact) mass is 255 g/mol. The van der Waals surface area contributed by atoms with Crippen LogP contribution in [0.2, 0.25) is 0 Å². The molecule has 1 aliphatic rings. The Labute approximate surface area is 107 Å². The summed E-state index contributed by atoms with van der Waals surface area (Å²) in [5.74, 6) is 0. The van der Waals surface area contributed by atoms with E-state index in [1.807, 2.05) is 7.11 Å². The largest absolute Gasteiger partial charge is 0.377 e. The molecule has 0 saturated carbocycles. The first-order valence-electron chi connectivity index (χ1n) is 6.09. The minimum absolute atomic E-state index is 0.0271. The molecule has 1 atom stereocenters. The highest BCUT2D eigenvalue weighted by molar-refractivity contribution is 7.13. The standard InChI is InChI=1S/C12H21N3OS/c1-12(16-2)5-3-6-15(9-12)7-4-10-8-17-11(13)14-10/h8H,3-7,9H2,1-2H3,(H2,13,14). The number of ether oxygens (including phenoxy) is 1. The van der Waals surface area contributed by atoms with Gasteiger partial charge in [0.25, 0.3) is 0 Å². The number of likely N-dealkylation sites (tertiary alicyclic amines) is 1. The van der Waals surface area contributed by atoms with Gasteiger partial charge in [-0.2, -0.15) is 0 Å². The molecule has 1 unspecified atom stereocenters. The smallest absolute Gasteiger partial charge is 0.180 e. The van der Waals surface area contributed by atoms with Gasteiger partial charge in [-0.3, -0.25) is 0 Å². The summed E-state index contributed by atoms with van der Waals surface area (Å²) < 4.78 is 5.59. The molecule has 1 aromatic heterocycles. The summed E-state index contributed by atoms with van der Waals surface area (Å²) >= 11 is 1.52. The molecule has 1 fully saturated rings. The van der Waals surface area contributed by atoms with E-state index in [0.717, 1.165) is 31.6 Å². The summed E-state index contributed by atoms with van der Waals surface area (Å²) in [6.07, 6.45) is 3.35. The van der Waals surface area contributed by atoms with Crippen molar-refractivity contribution in [1.29, 1.82) is 0 Å². The summed E-state index contributed by atoms with van der Waals surface area (Å²) in [6, 6.07) is 0. The van der Waals surface area contributed by atoms with Gasteiger partial charge in [0.15, 0.2) is 5.13 Å². The van der Waals surface area contributed by atoms with Crippen LogP contribution in [0.5, 0.6) is 0 Å². The van der Waals surface area contributed by atoms with Crippen molar-refractivity contribution >= 4 is 16.5 Å². The van der Waals surface area contributed by atoms with Crippen LogP contribution in [0.15, 0.2) is 5.38 Å². The van der Waals surface area contributed by atoms with E-state index in [4.69, 9.17) is 10.5 Å². The fourth-order valence-electron chi connectivity index (χ4n) is 2.38. The molecule has 96 valence electrons. The second kappa shape index (κ2) is 5.33. The summed E-state index contributed by atoms with van der Waals surface area (Å²) in [5.41, 5.74) is 6.76. The molecule has 1 aliphatic heterocycles. The van der Waals surface area contributed by atoms with E-state index in [-0.39, 0.29) is 5.60 Å². The number of hydrogen-bond donors (Lipinski definition) is 1. The summed E-state index contributed by atoms with van der Waals surface area (Å²) in [5, 5.41) is 2.72. The molecule has 1 aromatic rings. The molecule has 2 N–H and O–H groups in total. The van der Waals surface area contributed by atoms with Gasteiger partial charge in [-0.25, -0.2) is 4.98 Å². The van der Waals surface area contributed by atoms with E-state index < -0.39 is 0 Å². The van der Waals surface area contributed by atoms with E-state index >= 15 is 0 Å². The van der Waals surface area contributed by atoms with Gasteiger partial charge in [0.1, 0.15) is 0 Å². The van der Waals surface area contributed by atoms with E-state index in [0.29, 0.717) is 5.13 Å². The first-order valence-corrected chi connectivity index (χ1v) is 6.97. The van der Waals surface area contributed by atoms with Crippen LogP contribution in [-0.4, -0.2) is 42.2 Å². The second-order valence-electron chi connectivity index (χ2n) is 4.96. The molecule has 17 heavy (non-hydrogen) atoms. The third-order valence-corrected chi connectivity index (χ3v) is 4.21. The average molecular weight is 255 g/mol. The summed E-state index contributed by atoms with van der Waals surface area (Å²) in [6.45, 7) is 5.42. The average Bonchev–Trinajstić information content (AvgIpc) is 2.73. The van der Waals surface area contributed by atoms with Crippen molar-refractivity contribution in [2.45, 2.75) is 31.8 Å². The van der Waals surface area contributed by atoms with Gasteiger partial charge in [-0.1, -0.05) is 0 Å². The van der Waals surface area contributed by atoms with Gasteiger partial charge in [-0.15, -0.1) is 11.3 Å². The van der Waals surface area contributed by atoms with E-state index in [1.165, 1.54) is 24.3 Å². The Bertz CT molecular complexity index is 368. The molecule has 2 rings (SSSR count). The quantitative estimate of drug-likeness (QED) is 0.891. The van der Waals surface area contributed by atoms with Crippen molar-refractivity contribution in [2.24, 2.45) is 0 Å². The zero-order valence-electron chi connectivity index (χ0n) is 10.6. The number of methoxy groups -OCH3 is 1. The van der Waals surface area contributed by atoms with E-state index in [9.17, 15) is 0 Å². The number of thiazole rings is 1. The maximum Gasteiger partial charge on any atom is 0.180 e. The van der Waals surface area contributed by atoms with E-state index in [1.54, 1.807) is 0 Å². The Balaban J connectivity index is 1.83. The first-order chi connectivity index (χ1) is 8.11. The molecule has 0 amide bonds. The van der Waals surface area contributed by atoms with Crippen molar-refractivity contribution in [3.05, 3.63) is 11.1 Å². The van der Waals surface area contributed by atoms with Gasteiger partial charge in [0.05, 0.1) is 11.3 Å². The van der Waals surface area contributed by atoms with Gasteiger partial charge in [0, 0.05) is 32.0 Å². The molecule has 5 heteroatoms. The molecular formula is C12H21N3OS. The van der Waals surface area contributed by atoms with E-state index in [2.05, 4.69) is 22.2 Å². The van der Waals surface area contributed by atoms with Crippen molar-refractivity contribution in [3.63, 3.8) is 0 Å². The fraction of sp³-hybridized carbons (Fsp3) is 0.750. The van der Waals surface area contributed by atoms with Gasteiger partial charge >= 0.3 is 0 Å². The lowest BCUT2D eigenvalue weighted by Gasteiger charge is -2.39. The van der Waals surface area contributed by atoms with Crippen LogP contribution in [0.1, 0.15) is 25.5 Å². The van der Waals surface area contributed by atoms with Gasteiger partial charge in [0.2, 0.25) is 0 Å². The molecule has 0 aliphatic carbocycles. The minimum Gasteiger partial charge on any atom is -0.377 e. The first kappa shape index (κ1) is 12.8. The highest BCUT2D eigenvalue weighted by atomic mass is 32.1. The zero-order chi connectivity index (χ0) is 12.3. The number of piperidine rings is 1. The molecule has 0 radical (unpaired) electrons. The minimum atomic E-state index is 0.0271. The number of hydrogen-bond acceptors (Lipinski definition) is 5. The lowest BCUT2D eigenvalue weighted by molar-refractivity contribution is -0.0503. The molecule has 0 spiro atoms. The Kier molecular flexibility index (Phi) is 4.01. The van der Waals surface area contributed by atoms with Crippen LogP contribution in [0.4, 0.5) is 5.13 Å². The Morgan fingerprint density at radius 3 is 3.12 bits per heavy atom. The Hall–Kier alpha value is -0.650. The number of nitrogens with two attached hydrogens (primary N) is 1. The lowest BCUT2D eigenvalue weighted by Crippen LogP contribution is -2.47. The maximum absolute atomic E-state index is 5.63. The lowest BCUT2D eigenvalue weighted by atomic mass is 9.94. The molecule has 0 bridgehead atoms. The second-order valence-corrected chi connectivity index (χ2v) is 5.85. The highest BCUT2D eigenvalue weighted by Crippen LogP contribution is 2.24. The number of rotatable bonds is 4. The predicted molar refractivity (Wildman–Crippen MR) is 71.3 cm³/mol. The third kappa shape index (κ3) is 3.40. The number of nitrogen functional groups attached to an aromatic ring is 1. The van der Waals surface area contributed by atoms with Crippen LogP contribution < -0.4 is 5.73 Å². The SMILES string of the molecule is COC1(C)CCCN(CCc2csc(N)n2)C1. The normalized spacial score (nSPS) is 26.2. The Morgan fingerprint density at radius 1 is 1.65 bits per heavy atom. The summed E-state index contributed by atoms with van der Waals surface area (Å²) in [4.78, 5) is 6.75. The Morgan fingerprint density at radius 2 is 2.47 bits per heavy atom. The number of nitrogens with zero attached hydrogens (tertiary/aromatic N) is 2. The van der Waals surface area contributed by atoms with Crippen molar-refractivity contribution in [3.8, 4) is 0 Å². The number of anilines is 1. The third-order valence-electron chi connectivity index (χ3n) is 3.48. The maximum atomic E-state index is 5.63. The van der Waals surface area contributed by atoms with Crippen molar-refractivity contribution in [1.82, 2.24) is 9.88 Å². The number of aromatic nitrogens is 1. The molecule has 0 aromatic carbocycles. The predicted octanol–water partition coefficient (Wildman–Crippen LogP) is 1.77. The molecule has 1 saturated heterocycles. The molecule has 4 nitrogen and oxygen atoms in total.